The molecule has 0 aliphatic carbocycles. The molecule has 6 nitrogen and oxygen atoms in total. The number of aromatic nitrogens is 3. The van der Waals surface area contributed by atoms with Crippen LogP contribution in [0.1, 0.15) is 11.6 Å². The molecule has 3 N–H and O–H groups in total. The zero-order valence-electron chi connectivity index (χ0n) is 8.62. The lowest BCUT2D eigenvalue weighted by Crippen LogP contribution is -2.20. The molecule has 0 saturated carbocycles. The predicted molar refractivity (Wildman–Crippen MR) is 63.6 cm³/mol. The Kier molecular flexibility index (Phi) is 3.21. The van der Waals surface area contributed by atoms with Gasteiger partial charge in [-0.3, -0.25) is 4.79 Å². The average Bonchev–Trinajstić information content (AvgIpc) is 2.81. The van der Waals surface area contributed by atoms with E-state index in [1.807, 2.05) is 0 Å². The van der Waals surface area contributed by atoms with Gasteiger partial charge in [-0.1, -0.05) is 6.07 Å². The minimum atomic E-state index is -1.06. The molecule has 0 radical (unpaired) electrons. The highest BCUT2D eigenvalue weighted by Gasteiger charge is 2.15. The van der Waals surface area contributed by atoms with Crippen LogP contribution in [0.3, 0.4) is 0 Å². The number of benzene rings is 1. The number of hydrogen-bond acceptors (Lipinski definition) is 4. The van der Waals surface area contributed by atoms with E-state index >= 15 is 0 Å². The average molecular weight is 297 g/mol. The zero-order valence-corrected chi connectivity index (χ0v) is 10.2. The van der Waals surface area contributed by atoms with E-state index in [0.29, 0.717) is 10.0 Å². The van der Waals surface area contributed by atoms with Gasteiger partial charge in [-0.05, 0) is 33.6 Å². The molecule has 88 valence electrons. The van der Waals surface area contributed by atoms with Crippen LogP contribution in [-0.4, -0.2) is 25.8 Å². The van der Waals surface area contributed by atoms with E-state index < -0.39 is 12.0 Å². The summed E-state index contributed by atoms with van der Waals surface area (Å²) in [7, 11) is 0. The molecule has 0 bridgehead atoms. The van der Waals surface area contributed by atoms with Gasteiger partial charge in [-0.15, -0.1) is 0 Å². The zero-order chi connectivity index (χ0) is 12.4. The van der Waals surface area contributed by atoms with Gasteiger partial charge in [0.15, 0.2) is 0 Å². The lowest BCUT2D eigenvalue weighted by atomic mass is 10.1. The van der Waals surface area contributed by atoms with Crippen molar-refractivity contribution in [3.63, 3.8) is 0 Å². The number of nitrogens with zero attached hydrogens (tertiary/aromatic N) is 3. The van der Waals surface area contributed by atoms with E-state index in [1.54, 1.807) is 29.2 Å². The van der Waals surface area contributed by atoms with E-state index in [0.717, 1.165) is 5.69 Å². The molecule has 17 heavy (non-hydrogen) atoms. The van der Waals surface area contributed by atoms with Crippen LogP contribution < -0.4 is 5.73 Å². The van der Waals surface area contributed by atoms with Crippen LogP contribution in [0.4, 0.5) is 0 Å². The summed E-state index contributed by atoms with van der Waals surface area (Å²) in [6.45, 7) is 0. The van der Waals surface area contributed by atoms with Gasteiger partial charge in [0.2, 0.25) is 0 Å². The Labute approximate surface area is 105 Å². The molecule has 2 aromatic rings. The van der Waals surface area contributed by atoms with Gasteiger partial charge < -0.3 is 10.8 Å². The number of carbonyl (C=O) groups is 1. The first-order valence-electron chi connectivity index (χ1n) is 4.72. The van der Waals surface area contributed by atoms with Crippen molar-refractivity contribution in [2.24, 2.45) is 5.73 Å². The first-order valence-corrected chi connectivity index (χ1v) is 5.51. The van der Waals surface area contributed by atoms with Crippen LogP contribution in [0.2, 0.25) is 0 Å². The van der Waals surface area contributed by atoms with Crippen molar-refractivity contribution in [3.05, 3.63) is 40.9 Å². The van der Waals surface area contributed by atoms with Crippen LogP contribution >= 0.6 is 15.9 Å². The highest BCUT2D eigenvalue weighted by molar-refractivity contribution is 9.10. The van der Waals surface area contributed by atoms with Crippen molar-refractivity contribution in [1.29, 1.82) is 0 Å². The lowest BCUT2D eigenvalue weighted by Gasteiger charge is -2.09. The fraction of sp³-hybridized carbons (Fsp3) is 0.100. The van der Waals surface area contributed by atoms with Crippen LogP contribution in [-0.2, 0) is 4.79 Å². The summed E-state index contributed by atoms with van der Waals surface area (Å²) in [5.74, 6) is -1.06. The van der Waals surface area contributed by atoms with Crippen molar-refractivity contribution >= 4 is 21.9 Å². The van der Waals surface area contributed by atoms with Crippen molar-refractivity contribution in [2.75, 3.05) is 0 Å². The highest BCUT2D eigenvalue weighted by Crippen LogP contribution is 2.24. The second kappa shape index (κ2) is 4.64. The molecular formula is C10H9BrN4O2. The van der Waals surface area contributed by atoms with Crippen molar-refractivity contribution in [2.45, 2.75) is 6.04 Å². The maximum absolute atomic E-state index is 10.8. The second-order valence-electron chi connectivity index (χ2n) is 3.37. The molecule has 1 unspecified atom stereocenters. The number of rotatable bonds is 3. The molecule has 0 saturated heterocycles. The number of aliphatic carboxylic acids is 1. The van der Waals surface area contributed by atoms with E-state index in [-0.39, 0.29) is 0 Å². The number of hydrogen-bond donors (Lipinski definition) is 2. The fourth-order valence-corrected chi connectivity index (χ4v) is 1.96. The van der Waals surface area contributed by atoms with Crippen molar-refractivity contribution in [3.8, 4) is 5.69 Å². The summed E-state index contributed by atoms with van der Waals surface area (Å²) >= 11 is 3.35. The predicted octanol–water partition coefficient (Wildman–Crippen LogP) is 1.11. The normalized spacial score (nSPS) is 12.4. The smallest absolute Gasteiger partial charge is 0.325 e. The van der Waals surface area contributed by atoms with E-state index in [2.05, 4.69) is 26.0 Å². The Morgan fingerprint density at radius 1 is 1.53 bits per heavy atom. The molecule has 1 aromatic heterocycles. The molecule has 7 heteroatoms. The van der Waals surface area contributed by atoms with E-state index in [4.69, 9.17) is 10.8 Å². The van der Waals surface area contributed by atoms with E-state index in [9.17, 15) is 4.79 Å². The third-order valence-electron chi connectivity index (χ3n) is 2.26. The molecule has 0 aliphatic heterocycles. The number of halogens is 1. The molecule has 0 spiro atoms. The monoisotopic (exact) mass is 296 g/mol. The van der Waals surface area contributed by atoms with Crippen LogP contribution in [0, 0.1) is 0 Å². The first kappa shape index (κ1) is 11.7. The Morgan fingerprint density at radius 3 is 2.82 bits per heavy atom. The second-order valence-corrected chi connectivity index (χ2v) is 4.22. The maximum atomic E-state index is 10.8. The standard InChI is InChI=1S/C10H9BrN4O2/c11-7-3-6(9(12)10(16)17)1-2-8(7)15-5-13-4-14-15/h1-5,9H,12H2,(H,16,17). The summed E-state index contributed by atoms with van der Waals surface area (Å²) < 4.78 is 2.28. The minimum absolute atomic E-state index is 0.522. The molecular weight excluding hydrogens is 288 g/mol. The van der Waals surface area contributed by atoms with Crippen molar-refractivity contribution in [1.82, 2.24) is 14.8 Å². The summed E-state index contributed by atoms with van der Waals surface area (Å²) in [5.41, 5.74) is 6.81. The fourth-order valence-electron chi connectivity index (χ4n) is 1.38. The van der Waals surface area contributed by atoms with Crippen LogP contribution in [0.5, 0.6) is 0 Å². The molecule has 1 aromatic carbocycles. The van der Waals surface area contributed by atoms with Gasteiger partial charge in [0.25, 0.3) is 0 Å². The molecule has 0 fully saturated rings. The van der Waals surface area contributed by atoms with Crippen molar-refractivity contribution < 1.29 is 9.90 Å². The van der Waals surface area contributed by atoms with Gasteiger partial charge in [-0.25, -0.2) is 9.67 Å². The summed E-state index contributed by atoms with van der Waals surface area (Å²) in [5, 5.41) is 12.8. The number of carboxylic acid groups (broad SMARTS) is 1. The Bertz CT molecular complexity index is 541. The topological polar surface area (TPSA) is 94.0 Å². The molecule has 2 rings (SSSR count). The largest absolute Gasteiger partial charge is 0.480 e. The van der Waals surface area contributed by atoms with Gasteiger partial charge in [-0.2, -0.15) is 5.10 Å². The van der Waals surface area contributed by atoms with Gasteiger partial charge in [0.05, 0.1) is 5.69 Å². The summed E-state index contributed by atoms with van der Waals surface area (Å²) in [6, 6.07) is 4.02. The summed E-state index contributed by atoms with van der Waals surface area (Å²) in [4.78, 5) is 14.6. The van der Waals surface area contributed by atoms with Crippen LogP contribution in [0.15, 0.2) is 35.3 Å². The number of nitrogens with two attached hydrogens (primary N) is 1. The molecule has 0 amide bonds. The molecule has 1 heterocycles. The Hall–Kier alpha value is -1.73. The maximum Gasteiger partial charge on any atom is 0.325 e. The van der Waals surface area contributed by atoms with Gasteiger partial charge >= 0.3 is 5.97 Å². The van der Waals surface area contributed by atoms with Gasteiger partial charge in [0, 0.05) is 4.47 Å². The number of carboxylic acids is 1. The van der Waals surface area contributed by atoms with Crippen LogP contribution in [0.25, 0.3) is 5.69 Å². The highest BCUT2D eigenvalue weighted by atomic mass is 79.9. The first-order chi connectivity index (χ1) is 8.09. The van der Waals surface area contributed by atoms with E-state index in [1.165, 1.54) is 6.33 Å². The quantitative estimate of drug-likeness (QED) is 0.885. The molecule has 0 aliphatic rings. The van der Waals surface area contributed by atoms with Gasteiger partial charge in [0.1, 0.15) is 18.7 Å². The lowest BCUT2D eigenvalue weighted by molar-refractivity contribution is -0.138. The third-order valence-corrected chi connectivity index (χ3v) is 2.90. The minimum Gasteiger partial charge on any atom is -0.480 e. The summed E-state index contributed by atoms with van der Waals surface area (Å²) in [6.07, 6.45) is 2.97. The third kappa shape index (κ3) is 2.34. The Morgan fingerprint density at radius 2 is 2.29 bits per heavy atom. The molecule has 1 atom stereocenters. The SMILES string of the molecule is NC(C(=O)O)c1ccc(-n2cncn2)c(Br)c1. The Balaban J connectivity index is 2.39.